The van der Waals surface area contributed by atoms with Crippen LogP contribution < -0.4 is 5.32 Å². The van der Waals surface area contributed by atoms with Gasteiger partial charge in [0, 0.05) is 51.7 Å². The minimum atomic E-state index is -3.67. The lowest BCUT2D eigenvalue weighted by molar-refractivity contribution is -0.131. The first kappa shape index (κ1) is 23.2. The third kappa shape index (κ3) is 5.41. The maximum absolute atomic E-state index is 13.6. The first-order chi connectivity index (χ1) is 14.3. The average Bonchev–Trinajstić information content (AvgIpc) is 3.18. The maximum Gasteiger partial charge on any atom is 0.243 e. The quantitative estimate of drug-likeness (QED) is 0.670. The van der Waals surface area contributed by atoms with Gasteiger partial charge in [0.25, 0.3) is 0 Å². The predicted octanol–water partition coefficient (Wildman–Crippen LogP) is 1.60. The third-order valence-corrected chi connectivity index (χ3v) is 8.34. The van der Waals surface area contributed by atoms with E-state index in [1.807, 2.05) is 30.9 Å². The molecule has 1 atom stereocenters. The number of amides is 1. The summed E-state index contributed by atoms with van der Waals surface area (Å²) >= 11 is 0. The molecule has 0 spiro atoms. The molecule has 1 amide bonds. The van der Waals surface area contributed by atoms with Crippen LogP contribution in [0, 0.1) is 13.8 Å². The third-order valence-electron chi connectivity index (χ3n) is 6.31. The molecular formula is C22H36N4O3S. The second kappa shape index (κ2) is 10.2. The zero-order valence-corrected chi connectivity index (χ0v) is 19.4. The van der Waals surface area contributed by atoms with Gasteiger partial charge in [-0.15, -0.1) is 0 Å². The number of aryl methyl sites for hydroxylation is 2. The molecule has 2 heterocycles. The van der Waals surface area contributed by atoms with Crippen LogP contribution in [0.2, 0.25) is 0 Å². The van der Waals surface area contributed by atoms with Crippen LogP contribution >= 0.6 is 0 Å². The van der Waals surface area contributed by atoms with Gasteiger partial charge in [0.15, 0.2) is 0 Å². The smallest absolute Gasteiger partial charge is 0.243 e. The SMILES string of the molecule is CCN1CCC[C@@H]1CN(CCC(=O)N1CCNCC1)S(=O)(=O)c1ccc(C)cc1C. The van der Waals surface area contributed by atoms with Gasteiger partial charge in [-0.05, 0) is 51.4 Å². The van der Waals surface area contributed by atoms with E-state index in [9.17, 15) is 13.2 Å². The van der Waals surface area contributed by atoms with Crippen LogP contribution in [0.4, 0.5) is 0 Å². The minimum Gasteiger partial charge on any atom is -0.340 e. The molecule has 1 aromatic rings. The number of nitrogens with zero attached hydrogens (tertiary/aromatic N) is 3. The Morgan fingerprint density at radius 2 is 1.93 bits per heavy atom. The molecule has 2 saturated heterocycles. The summed E-state index contributed by atoms with van der Waals surface area (Å²) in [7, 11) is -3.67. The van der Waals surface area contributed by atoms with Crippen molar-refractivity contribution in [2.45, 2.75) is 51.0 Å². The monoisotopic (exact) mass is 436 g/mol. The van der Waals surface area contributed by atoms with Crippen molar-refractivity contribution in [1.29, 1.82) is 0 Å². The molecule has 168 valence electrons. The Bertz CT molecular complexity index is 837. The molecule has 2 aliphatic rings. The fourth-order valence-electron chi connectivity index (χ4n) is 4.58. The fourth-order valence-corrected chi connectivity index (χ4v) is 6.27. The van der Waals surface area contributed by atoms with Crippen molar-refractivity contribution in [2.75, 3.05) is 52.4 Å². The Morgan fingerprint density at radius 3 is 2.60 bits per heavy atom. The highest BCUT2D eigenvalue weighted by Gasteiger charge is 2.33. The van der Waals surface area contributed by atoms with E-state index < -0.39 is 10.0 Å². The van der Waals surface area contributed by atoms with Gasteiger partial charge in [0.2, 0.25) is 15.9 Å². The minimum absolute atomic E-state index is 0.0381. The maximum atomic E-state index is 13.6. The van der Waals surface area contributed by atoms with Gasteiger partial charge < -0.3 is 10.2 Å². The Balaban J connectivity index is 1.80. The Labute approximate surface area is 181 Å². The van der Waals surface area contributed by atoms with E-state index >= 15 is 0 Å². The molecule has 1 aromatic carbocycles. The van der Waals surface area contributed by atoms with Crippen molar-refractivity contribution < 1.29 is 13.2 Å². The summed E-state index contributed by atoms with van der Waals surface area (Å²) in [5, 5.41) is 3.24. The highest BCUT2D eigenvalue weighted by atomic mass is 32.2. The summed E-state index contributed by atoms with van der Waals surface area (Å²) in [6.45, 7) is 11.5. The zero-order valence-electron chi connectivity index (χ0n) is 18.6. The molecule has 0 aromatic heterocycles. The molecule has 0 unspecified atom stereocenters. The van der Waals surface area contributed by atoms with Crippen molar-refractivity contribution in [2.24, 2.45) is 0 Å². The van der Waals surface area contributed by atoms with Crippen LogP contribution in [0.15, 0.2) is 23.1 Å². The Kier molecular flexibility index (Phi) is 7.90. The average molecular weight is 437 g/mol. The van der Waals surface area contributed by atoms with Gasteiger partial charge in [-0.3, -0.25) is 9.69 Å². The Morgan fingerprint density at radius 1 is 1.20 bits per heavy atom. The van der Waals surface area contributed by atoms with E-state index in [0.29, 0.717) is 24.5 Å². The van der Waals surface area contributed by atoms with E-state index in [1.165, 1.54) is 0 Å². The normalized spacial score (nSPS) is 20.8. The van der Waals surface area contributed by atoms with Gasteiger partial charge in [0.05, 0.1) is 4.90 Å². The van der Waals surface area contributed by atoms with E-state index in [4.69, 9.17) is 0 Å². The number of hydrogen-bond donors (Lipinski definition) is 1. The number of piperazine rings is 1. The van der Waals surface area contributed by atoms with Gasteiger partial charge in [-0.25, -0.2) is 8.42 Å². The lowest BCUT2D eigenvalue weighted by Gasteiger charge is -2.31. The van der Waals surface area contributed by atoms with Crippen LogP contribution in [0.25, 0.3) is 0 Å². The number of likely N-dealkylation sites (N-methyl/N-ethyl adjacent to an activating group) is 1. The van der Waals surface area contributed by atoms with Gasteiger partial charge in [-0.2, -0.15) is 4.31 Å². The summed E-state index contributed by atoms with van der Waals surface area (Å²) in [6, 6.07) is 5.67. The van der Waals surface area contributed by atoms with E-state index in [2.05, 4.69) is 17.1 Å². The summed E-state index contributed by atoms with van der Waals surface area (Å²) in [6.07, 6.45) is 2.32. The lowest BCUT2D eigenvalue weighted by atomic mass is 10.2. The number of carbonyl (C=O) groups is 1. The topological polar surface area (TPSA) is 73.0 Å². The lowest BCUT2D eigenvalue weighted by Crippen LogP contribution is -2.48. The van der Waals surface area contributed by atoms with Crippen LogP contribution in [-0.2, 0) is 14.8 Å². The van der Waals surface area contributed by atoms with Crippen LogP contribution in [-0.4, -0.2) is 86.8 Å². The molecule has 30 heavy (non-hydrogen) atoms. The molecule has 0 bridgehead atoms. The number of nitrogens with one attached hydrogen (secondary N) is 1. The second-order valence-corrected chi connectivity index (χ2v) is 10.3. The van der Waals surface area contributed by atoms with Crippen molar-refractivity contribution >= 4 is 15.9 Å². The summed E-state index contributed by atoms with van der Waals surface area (Å²) < 4.78 is 28.8. The molecule has 0 aliphatic carbocycles. The van der Waals surface area contributed by atoms with Gasteiger partial charge in [-0.1, -0.05) is 24.6 Å². The highest BCUT2D eigenvalue weighted by molar-refractivity contribution is 7.89. The van der Waals surface area contributed by atoms with E-state index in [-0.39, 0.29) is 24.9 Å². The van der Waals surface area contributed by atoms with Crippen LogP contribution in [0.3, 0.4) is 0 Å². The number of hydrogen-bond acceptors (Lipinski definition) is 5. The zero-order chi connectivity index (χ0) is 21.7. The molecular weight excluding hydrogens is 400 g/mol. The van der Waals surface area contributed by atoms with Crippen molar-refractivity contribution in [3.05, 3.63) is 29.3 Å². The molecule has 2 aliphatic heterocycles. The summed E-state index contributed by atoms with van der Waals surface area (Å²) in [5.74, 6) is 0.0381. The molecule has 7 nitrogen and oxygen atoms in total. The van der Waals surface area contributed by atoms with Crippen molar-refractivity contribution in [3.63, 3.8) is 0 Å². The predicted molar refractivity (Wildman–Crippen MR) is 119 cm³/mol. The molecule has 2 fully saturated rings. The first-order valence-electron chi connectivity index (χ1n) is 11.1. The van der Waals surface area contributed by atoms with E-state index in [0.717, 1.165) is 50.1 Å². The number of benzene rings is 1. The molecule has 0 saturated carbocycles. The molecule has 0 radical (unpaired) electrons. The van der Waals surface area contributed by atoms with Gasteiger partial charge >= 0.3 is 0 Å². The Hall–Kier alpha value is -1.48. The number of likely N-dealkylation sites (tertiary alicyclic amines) is 1. The van der Waals surface area contributed by atoms with Crippen molar-refractivity contribution in [1.82, 2.24) is 19.4 Å². The number of sulfonamides is 1. The highest BCUT2D eigenvalue weighted by Crippen LogP contribution is 2.25. The molecule has 3 rings (SSSR count). The van der Waals surface area contributed by atoms with Crippen LogP contribution in [0.1, 0.15) is 37.3 Å². The molecule has 8 heteroatoms. The van der Waals surface area contributed by atoms with Crippen molar-refractivity contribution in [3.8, 4) is 0 Å². The fraction of sp³-hybridized carbons (Fsp3) is 0.682. The number of rotatable bonds is 8. The first-order valence-corrected chi connectivity index (χ1v) is 12.6. The molecule has 1 N–H and O–H groups in total. The van der Waals surface area contributed by atoms with E-state index in [1.54, 1.807) is 10.4 Å². The second-order valence-electron chi connectivity index (χ2n) is 8.44. The van der Waals surface area contributed by atoms with Crippen LogP contribution in [0.5, 0.6) is 0 Å². The summed E-state index contributed by atoms with van der Waals surface area (Å²) in [5.41, 5.74) is 1.80. The number of carbonyl (C=O) groups excluding carboxylic acids is 1. The largest absolute Gasteiger partial charge is 0.340 e. The summed E-state index contributed by atoms with van der Waals surface area (Å²) in [4.78, 5) is 17.2. The van der Waals surface area contributed by atoms with Gasteiger partial charge in [0.1, 0.15) is 0 Å². The standard InChI is InChI=1S/C22H36N4O3S/c1-4-24-12-5-6-20(24)17-26(13-9-22(27)25-14-10-23-11-15-25)30(28,29)21-8-7-18(2)16-19(21)3/h7-8,16,20,23H,4-6,9-15,17H2,1-3H3/t20-/m1/s1.